The number of methoxy groups -OCH3 is 2. The highest BCUT2D eigenvalue weighted by Gasteiger charge is 2.17. The van der Waals surface area contributed by atoms with Gasteiger partial charge in [0.15, 0.2) is 11.5 Å². The molecule has 28 heavy (non-hydrogen) atoms. The van der Waals surface area contributed by atoms with Crippen LogP contribution in [0.3, 0.4) is 0 Å². The van der Waals surface area contributed by atoms with E-state index in [9.17, 15) is 8.78 Å². The van der Waals surface area contributed by atoms with Gasteiger partial charge in [0.1, 0.15) is 17.4 Å². The first kappa shape index (κ1) is 19.8. The van der Waals surface area contributed by atoms with Crippen LogP contribution >= 0.6 is 0 Å². The van der Waals surface area contributed by atoms with Crippen molar-refractivity contribution < 1.29 is 22.7 Å². The van der Waals surface area contributed by atoms with E-state index in [2.05, 4.69) is 9.88 Å². The van der Waals surface area contributed by atoms with E-state index in [-0.39, 0.29) is 11.5 Å². The van der Waals surface area contributed by atoms with Crippen molar-refractivity contribution in [3.8, 4) is 23.0 Å². The summed E-state index contributed by atoms with van der Waals surface area (Å²) < 4.78 is 43.3. The fourth-order valence-electron chi connectivity index (χ4n) is 2.96. The average molecular weight is 388 g/mol. The third-order valence-corrected chi connectivity index (χ3v) is 4.37. The largest absolute Gasteiger partial charge is 0.493 e. The molecule has 0 radical (unpaired) electrons. The number of benzene rings is 2. The highest BCUT2D eigenvalue weighted by Crippen LogP contribution is 2.29. The summed E-state index contributed by atoms with van der Waals surface area (Å²) in [6.45, 7) is 2.93. The predicted molar refractivity (Wildman–Crippen MR) is 101 cm³/mol. The molecular weight excluding hydrogens is 366 g/mol. The quantitative estimate of drug-likeness (QED) is 0.593. The molecule has 1 heterocycles. The molecule has 0 N–H and O–H groups in total. The van der Waals surface area contributed by atoms with Crippen LogP contribution in [0.25, 0.3) is 11.5 Å². The maximum Gasteiger partial charge on any atom is 0.229 e. The molecule has 3 rings (SSSR count). The molecule has 0 aliphatic rings. The van der Waals surface area contributed by atoms with Crippen LogP contribution in [-0.4, -0.2) is 31.2 Å². The Bertz CT molecular complexity index is 972. The van der Waals surface area contributed by atoms with Gasteiger partial charge in [-0.05, 0) is 43.8 Å². The molecule has 7 heteroatoms. The van der Waals surface area contributed by atoms with E-state index in [0.29, 0.717) is 36.0 Å². The van der Waals surface area contributed by atoms with Crippen molar-refractivity contribution in [3.05, 3.63) is 65.1 Å². The maximum atomic E-state index is 14.0. The second kappa shape index (κ2) is 8.39. The zero-order valence-corrected chi connectivity index (χ0v) is 16.3. The van der Waals surface area contributed by atoms with Crippen molar-refractivity contribution in [3.63, 3.8) is 0 Å². The number of aryl methyl sites for hydroxylation is 1. The van der Waals surface area contributed by atoms with E-state index < -0.39 is 11.6 Å². The third-order valence-electron chi connectivity index (χ3n) is 4.37. The molecule has 0 atom stereocenters. The van der Waals surface area contributed by atoms with E-state index in [1.807, 2.05) is 25.2 Å². The Morgan fingerprint density at radius 3 is 2.43 bits per heavy atom. The van der Waals surface area contributed by atoms with Crippen LogP contribution in [0, 0.1) is 18.6 Å². The van der Waals surface area contributed by atoms with Gasteiger partial charge in [0.2, 0.25) is 5.89 Å². The standard InChI is InChI=1S/C21H22F2N2O3/c1-13-18(24-21(28-13)16-7-6-15(22)10-17(16)23)12-25(2)11-14-5-8-19(26-3)20(9-14)27-4/h5-10H,11-12H2,1-4H3. The Balaban J connectivity index is 1.74. The van der Waals surface area contributed by atoms with Gasteiger partial charge in [-0.2, -0.15) is 0 Å². The lowest BCUT2D eigenvalue weighted by Crippen LogP contribution is -2.18. The zero-order chi connectivity index (χ0) is 20.3. The predicted octanol–water partition coefficient (Wildman–Crippen LogP) is 4.58. The van der Waals surface area contributed by atoms with Crippen molar-refractivity contribution in [2.45, 2.75) is 20.0 Å². The molecule has 0 unspecified atom stereocenters. The first-order valence-corrected chi connectivity index (χ1v) is 8.72. The number of oxazole rings is 1. The molecule has 3 aromatic rings. The average Bonchev–Trinajstić information content (AvgIpc) is 3.01. The van der Waals surface area contributed by atoms with E-state index in [1.165, 1.54) is 12.1 Å². The van der Waals surface area contributed by atoms with Crippen LogP contribution in [0.2, 0.25) is 0 Å². The van der Waals surface area contributed by atoms with Crippen LogP contribution in [0.5, 0.6) is 11.5 Å². The Morgan fingerprint density at radius 2 is 1.75 bits per heavy atom. The highest BCUT2D eigenvalue weighted by molar-refractivity contribution is 5.54. The van der Waals surface area contributed by atoms with Crippen LogP contribution in [0.15, 0.2) is 40.8 Å². The van der Waals surface area contributed by atoms with E-state index in [1.54, 1.807) is 21.1 Å². The van der Waals surface area contributed by atoms with Gasteiger partial charge in [-0.1, -0.05) is 6.07 Å². The summed E-state index contributed by atoms with van der Waals surface area (Å²) in [4.78, 5) is 6.45. The molecule has 0 spiro atoms. The number of ether oxygens (including phenoxy) is 2. The number of hydrogen-bond acceptors (Lipinski definition) is 5. The van der Waals surface area contributed by atoms with Gasteiger partial charge in [-0.15, -0.1) is 0 Å². The molecule has 0 aliphatic heterocycles. The van der Waals surface area contributed by atoms with Gasteiger partial charge in [-0.3, -0.25) is 4.90 Å². The molecular formula is C21H22F2N2O3. The molecule has 0 bridgehead atoms. The lowest BCUT2D eigenvalue weighted by Gasteiger charge is -2.17. The fourth-order valence-corrected chi connectivity index (χ4v) is 2.96. The molecule has 0 amide bonds. The number of hydrogen-bond donors (Lipinski definition) is 0. The van der Waals surface area contributed by atoms with Crippen LogP contribution < -0.4 is 9.47 Å². The Labute approximate surface area is 162 Å². The lowest BCUT2D eigenvalue weighted by atomic mass is 10.2. The minimum absolute atomic E-state index is 0.137. The molecule has 0 saturated carbocycles. The topological polar surface area (TPSA) is 47.7 Å². The minimum Gasteiger partial charge on any atom is -0.493 e. The number of halogens is 2. The third kappa shape index (κ3) is 4.31. The molecule has 5 nitrogen and oxygen atoms in total. The highest BCUT2D eigenvalue weighted by atomic mass is 19.1. The van der Waals surface area contributed by atoms with E-state index in [0.717, 1.165) is 11.6 Å². The Kier molecular flexibility index (Phi) is 5.94. The summed E-state index contributed by atoms with van der Waals surface area (Å²) in [6, 6.07) is 9.07. The number of nitrogens with zero attached hydrogens (tertiary/aromatic N) is 2. The summed E-state index contributed by atoms with van der Waals surface area (Å²) in [5.74, 6) is 0.737. The van der Waals surface area contributed by atoms with Crippen molar-refractivity contribution in [2.24, 2.45) is 0 Å². The summed E-state index contributed by atoms with van der Waals surface area (Å²) in [6.07, 6.45) is 0. The first-order chi connectivity index (χ1) is 13.4. The van der Waals surface area contributed by atoms with E-state index >= 15 is 0 Å². The van der Waals surface area contributed by atoms with Gasteiger partial charge in [0.25, 0.3) is 0 Å². The first-order valence-electron chi connectivity index (χ1n) is 8.72. The Morgan fingerprint density at radius 1 is 1.00 bits per heavy atom. The maximum absolute atomic E-state index is 14.0. The normalized spacial score (nSPS) is 11.1. The molecule has 0 saturated heterocycles. The van der Waals surface area contributed by atoms with Gasteiger partial charge >= 0.3 is 0 Å². The second-order valence-electron chi connectivity index (χ2n) is 6.51. The van der Waals surface area contributed by atoms with Gasteiger partial charge in [0.05, 0.1) is 25.5 Å². The second-order valence-corrected chi connectivity index (χ2v) is 6.51. The fraction of sp³-hybridized carbons (Fsp3) is 0.286. The smallest absolute Gasteiger partial charge is 0.229 e. The van der Waals surface area contributed by atoms with Gasteiger partial charge in [-0.25, -0.2) is 13.8 Å². The number of rotatable bonds is 7. The van der Waals surface area contributed by atoms with Crippen LogP contribution in [0.4, 0.5) is 8.78 Å². The van der Waals surface area contributed by atoms with Crippen LogP contribution in [0.1, 0.15) is 17.0 Å². The molecule has 2 aromatic carbocycles. The van der Waals surface area contributed by atoms with Crippen molar-refractivity contribution in [1.29, 1.82) is 0 Å². The molecule has 0 aliphatic carbocycles. The zero-order valence-electron chi connectivity index (χ0n) is 16.3. The molecule has 1 aromatic heterocycles. The number of aromatic nitrogens is 1. The summed E-state index contributed by atoms with van der Waals surface area (Å²) >= 11 is 0. The van der Waals surface area contributed by atoms with Crippen molar-refractivity contribution in [1.82, 2.24) is 9.88 Å². The lowest BCUT2D eigenvalue weighted by molar-refractivity contribution is 0.311. The van der Waals surface area contributed by atoms with Gasteiger partial charge in [0, 0.05) is 19.2 Å². The Hall–Kier alpha value is -2.93. The summed E-state index contributed by atoms with van der Waals surface area (Å²) in [5.41, 5.74) is 1.88. The summed E-state index contributed by atoms with van der Waals surface area (Å²) in [5, 5.41) is 0. The molecule has 148 valence electrons. The monoisotopic (exact) mass is 388 g/mol. The minimum atomic E-state index is -0.702. The molecule has 0 fully saturated rings. The SMILES string of the molecule is COc1ccc(CN(C)Cc2nc(-c3ccc(F)cc3F)oc2C)cc1OC. The van der Waals surface area contributed by atoms with E-state index in [4.69, 9.17) is 13.9 Å². The van der Waals surface area contributed by atoms with Crippen molar-refractivity contribution in [2.75, 3.05) is 21.3 Å². The van der Waals surface area contributed by atoms with Gasteiger partial charge < -0.3 is 13.9 Å². The van der Waals surface area contributed by atoms with Crippen molar-refractivity contribution >= 4 is 0 Å². The summed E-state index contributed by atoms with van der Waals surface area (Å²) in [7, 11) is 5.14. The van der Waals surface area contributed by atoms with Crippen LogP contribution in [-0.2, 0) is 13.1 Å².